The fraction of sp³-hybridized carbons (Fsp3) is 0.409. The molecular weight excluding hydrogens is 324 g/mol. The zero-order valence-electron chi connectivity index (χ0n) is 15.9. The number of ether oxygens (including phenoxy) is 1. The Morgan fingerprint density at radius 2 is 1.77 bits per heavy atom. The normalized spacial score (nSPS) is 16.5. The molecule has 1 amide bonds. The van der Waals surface area contributed by atoms with Crippen LogP contribution in [0.4, 0.5) is 0 Å². The molecule has 0 radical (unpaired) electrons. The quantitative estimate of drug-likeness (QED) is 0.827. The van der Waals surface area contributed by atoms with Gasteiger partial charge in [-0.2, -0.15) is 0 Å². The van der Waals surface area contributed by atoms with Crippen molar-refractivity contribution in [3.05, 3.63) is 65.2 Å². The Morgan fingerprint density at radius 3 is 2.54 bits per heavy atom. The Labute approximate surface area is 156 Å². The van der Waals surface area contributed by atoms with Gasteiger partial charge in [0.15, 0.2) is 0 Å². The van der Waals surface area contributed by atoms with Crippen molar-refractivity contribution in [3.63, 3.8) is 0 Å². The lowest BCUT2D eigenvalue weighted by atomic mass is 9.95. The number of para-hydroxylation sites is 1. The molecule has 0 saturated carbocycles. The smallest absolute Gasteiger partial charge is 0.226 e. The zero-order valence-corrected chi connectivity index (χ0v) is 15.9. The Balaban J connectivity index is 1.66. The molecule has 26 heavy (non-hydrogen) atoms. The highest BCUT2D eigenvalue weighted by Gasteiger charge is 2.26. The second-order valence-electron chi connectivity index (χ2n) is 7.40. The van der Waals surface area contributed by atoms with E-state index >= 15 is 0 Å². The number of hydrogen-bond donors (Lipinski definition) is 0. The van der Waals surface area contributed by atoms with Crippen LogP contribution in [0, 0.1) is 5.92 Å². The summed E-state index contributed by atoms with van der Waals surface area (Å²) in [5.41, 5.74) is 3.57. The highest BCUT2D eigenvalue weighted by molar-refractivity contribution is 5.79. The molecule has 2 aromatic carbocycles. The van der Waals surface area contributed by atoms with E-state index in [4.69, 9.17) is 4.74 Å². The standard InChI is InChI=1S/C22H28N2O2/c1-23(2)15-17-7-6-8-18(13-17)16-24(3)22(25)20-11-12-26-21-10-5-4-9-19(21)14-20/h4-10,13,20H,11-12,14-16H2,1-3H3. The van der Waals surface area contributed by atoms with Crippen LogP contribution in [0.15, 0.2) is 48.5 Å². The van der Waals surface area contributed by atoms with Crippen LogP contribution in [-0.2, 0) is 24.3 Å². The van der Waals surface area contributed by atoms with Crippen LogP contribution in [0.3, 0.4) is 0 Å². The lowest BCUT2D eigenvalue weighted by Gasteiger charge is -2.23. The van der Waals surface area contributed by atoms with E-state index in [2.05, 4.69) is 49.3 Å². The van der Waals surface area contributed by atoms with E-state index in [9.17, 15) is 4.79 Å². The summed E-state index contributed by atoms with van der Waals surface area (Å²) in [5.74, 6) is 1.10. The summed E-state index contributed by atoms with van der Waals surface area (Å²) in [4.78, 5) is 17.0. The second-order valence-corrected chi connectivity index (χ2v) is 7.40. The van der Waals surface area contributed by atoms with Crippen LogP contribution in [0.25, 0.3) is 0 Å². The van der Waals surface area contributed by atoms with Gasteiger partial charge in [0, 0.05) is 26.1 Å². The van der Waals surface area contributed by atoms with Gasteiger partial charge in [0.1, 0.15) is 5.75 Å². The average molecular weight is 352 g/mol. The van der Waals surface area contributed by atoms with Crippen molar-refractivity contribution in [1.82, 2.24) is 9.80 Å². The summed E-state index contributed by atoms with van der Waals surface area (Å²) < 4.78 is 5.80. The first kappa shape index (κ1) is 18.5. The van der Waals surface area contributed by atoms with Crippen molar-refractivity contribution < 1.29 is 9.53 Å². The van der Waals surface area contributed by atoms with E-state index in [1.54, 1.807) is 0 Å². The lowest BCUT2D eigenvalue weighted by molar-refractivity contribution is -0.135. The summed E-state index contributed by atoms with van der Waals surface area (Å²) in [6, 6.07) is 16.5. The molecule has 1 atom stereocenters. The van der Waals surface area contributed by atoms with Crippen molar-refractivity contribution in [2.45, 2.75) is 25.9 Å². The monoisotopic (exact) mass is 352 g/mol. The van der Waals surface area contributed by atoms with Gasteiger partial charge >= 0.3 is 0 Å². The number of rotatable bonds is 5. The summed E-state index contributed by atoms with van der Waals surface area (Å²) in [5, 5.41) is 0. The molecule has 1 aliphatic heterocycles. The molecule has 0 fully saturated rings. The number of hydrogen-bond acceptors (Lipinski definition) is 3. The van der Waals surface area contributed by atoms with Crippen molar-refractivity contribution in [2.24, 2.45) is 5.92 Å². The van der Waals surface area contributed by atoms with Crippen LogP contribution in [0.2, 0.25) is 0 Å². The predicted octanol–water partition coefficient (Wildman–Crippen LogP) is 3.35. The number of benzene rings is 2. The topological polar surface area (TPSA) is 32.8 Å². The van der Waals surface area contributed by atoms with Crippen LogP contribution < -0.4 is 4.74 Å². The molecule has 0 N–H and O–H groups in total. The fourth-order valence-electron chi connectivity index (χ4n) is 3.56. The SMILES string of the molecule is CN(C)Cc1cccc(CN(C)C(=O)C2CCOc3ccccc3C2)c1. The largest absolute Gasteiger partial charge is 0.493 e. The van der Waals surface area contributed by atoms with Crippen LogP contribution in [0.5, 0.6) is 5.75 Å². The fourth-order valence-corrected chi connectivity index (χ4v) is 3.56. The van der Waals surface area contributed by atoms with E-state index < -0.39 is 0 Å². The summed E-state index contributed by atoms with van der Waals surface area (Å²) in [6.45, 7) is 2.14. The summed E-state index contributed by atoms with van der Waals surface area (Å²) in [7, 11) is 6.03. The minimum absolute atomic E-state index is 0.0198. The Morgan fingerprint density at radius 1 is 1.04 bits per heavy atom. The summed E-state index contributed by atoms with van der Waals surface area (Å²) >= 11 is 0. The molecule has 0 bridgehead atoms. The minimum Gasteiger partial charge on any atom is -0.493 e. The van der Waals surface area contributed by atoms with Gasteiger partial charge < -0.3 is 14.5 Å². The first-order chi connectivity index (χ1) is 12.5. The maximum Gasteiger partial charge on any atom is 0.226 e. The maximum atomic E-state index is 13.0. The molecule has 2 aromatic rings. The third-order valence-corrected chi connectivity index (χ3v) is 4.80. The molecule has 1 heterocycles. The van der Waals surface area contributed by atoms with Crippen LogP contribution >= 0.6 is 0 Å². The Hall–Kier alpha value is -2.33. The number of carbonyl (C=O) groups is 1. The van der Waals surface area contributed by atoms with Gasteiger partial charge in [-0.25, -0.2) is 0 Å². The number of carbonyl (C=O) groups excluding carboxylic acids is 1. The molecule has 1 unspecified atom stereocenters. The lowest BCUT2D eigenvalue weighted by Crippen LogP contribution is -2.33. The number of nitrogens with zero attached hydrogens (tertiary/aromatic N) is 2. The van der Waals surface area contributed by atoms with E-state index in [0.29, 0.717) is 13.2 Å². The van der Waals surface area contributed by atoms with Crippen molar-refractivity contribution >= 4 is 5.91 Å². The van der Waals surface area contributed by atoms with E-state index in [1.807, 2.05) is 30.1 Å². The molecule has 1 aliphatic rings. The predicted molar refractivity (Wildman–Crippen MR) is 104 cm³/mol. The summed E-state index contributed by atoms with van der Waals surface area (Å²) in [6.07, 6.45) is 1.51. The van der Waals surface area contributed by atoms with Crippen LogP contribution in [0.1, 0.15) is 23.1 Å². The van der Waals surface area contributed by atoms with E-state index in [0.717, 1.165) is 30.7 Å². The number of fused-ring (bicyclic) bond motifs is 1. The van der Waals surface area contributed by atoms with Gasteiger partial charge in [0.2, 0.25) is 5.91 Å². The average Bonchev–Trinajstić information content (AvgIpc) is 2.83. The Bertz CT molecular complexity index is 757. The third kappa shape index (κ3) is 4.64. The molecule has 3 rings (SSSR count). The van der Waals surface area contributed by atoms with Gasteiger partial charge in [0.25, 0.3) is 0 Å². The molecule has 0 aliphatic carbocycles. The molecule has 0 aromatic heterocycles. The molecule has 4 heteroatoms. The van der Waals surface area contributed by atoms with Gasteiger partial charge in [-0.3, -0.25) is 4.79 Å². The van der Waals surface area contributed by atoms with Crippen molar-refractivity contribution in [1.29, 1.82) is 0 Å². The van der Waals surface area contributed by atoms with E-state index in [1.165, 1.54) is 11.1 Å². The third-order valence-electron chi connectivity index (χ3n) is 4.80. The van der Waals surface area contributed by atoms with Crippen molar-refractivity contribution in [2.75, 3.05) is 27.7 Å². The minimum atomic E-state index is -0.0198. The highest BCUT2D eigenvalue weighted by Crippen LogP contribution is 2.27. The molecule has 4 nitrogen and oxygen atoms in total. The maximum absolute atomic E-state index is 13.0. The first-order valence-corrected chi connectivity index (χ1v) is 9.21. The first-order valence-electron chi connectivity index (χ1n) is 9.21. The highest BCUT2D eigenvalue weighted by atomic mass is 16.5. The van der Waals surface area contributed by atoms with E-state index in [-0.39, 0.29) is 11.8 Å². The second kappa shape index (κ2) is 8.37. The van der Waals surface area contributed by atoms with Crippen LogP contribution in [-0.4, -0.2) is 43.5 Å². The van der Waals surface area contributed by atoms with Gasteiger partial charge in [-0.05, 0) is 49.7 Å². The molecule has 138 valence electrons. The molecule has 0 spiro atoms. The zero-order chi connectivity index (χ0) is 18.5. The van der Waals surface area contributed by atoms with Crippen molar-refractivity contribution in [3.8, 4) is 5.75 Å². The molecular formula is C22H28N2O2. The number of amides is 1. The van der Waals surface area contributed by atoms with Gasteiger partial charge in [-0.15, -0.1) is 0 Å². The Kier molecular flexibility index (Phi) is 5.94. The molecule has 0 saturated heterocycles. The van der Waals surface area contributed by atoms with Gasteiger partial charge in [-0.1, -0.05) is 42.5 Å². The van der Waals surface area contributed by atoms with Gasteiger partial charge in [0.05, 0.1) is 6.61 Å².